The molecule has 2 N–H and O–H groups in total. The molecule has 0 aliphatic carbocycles. The van der Waals surface area contributed by atoms with Gasteiger partial charge in [0.2, 0.25) is 0 Å². The fraction of sp³-hybridized carbons (Fsp3) is 0.143. The van der Waals surface area contributed by atoms with E-state index in [1.165, 1.54) is 0 Å². The summed E-state index contributed by atoms with van der Waals surface area (Å²) in [5.41, 5.74) is 12.2. The summed E-state index contributed by atoms with van der Waals surface area (Å²) in [5.74, 6) is 0.263. The standard InChI is InChI=1S/C21H20N4/c1-14-19(15-9-11-17(12-10-15)25(2)3)18(13-22)21(23)24-20(14)16-7-5-4-6-8-16/h4-12H,1-3H3,(H2,23,24). The second-order valence-corrected chi connectivity index (χ2v) is 6.14. The van der Waals surface area contributed by atoms with Crippen LogP contribution < -0.4 is 10.6 Å². The zero-order valence-electron chi connectivity index (χ0n) is 14.6. The summed E-state index contributed by atoms with van der Waals surface area (Å²) in [6.07, 6.45) is 0. The highest BCUT2D eigenvalue weighted by Gasteiger charge is 2.18. The Morgan fingerprint density at radius 2 is 1.60 bits per heavy atom. The van der Waals surface area contributed by atoms with Crippen molar-refractivity contribution in [3.05, 3.63) is 65.7 Å². The van der Waals surface area contributed by atoms with Crippen molar-refractivity contribution < 1.29 is 0 Å². The maximum atomic E-state index is 9.61. The van der Waals surface area contributed by atoms with E-state index >= 15 is 0 Å². The van der Waals surface area contributed by atoms with Gasteiger partial charge in [-0.25, -0.2) is 4.98 Å². The zero-order valence-corrected chi connectivity index (χ0v) is 14.6. The van der Waals surface area contributed by atoms with E-state index < -0.39 is 0 Å². The van der Waals surface area contributed by atoms with Crippen molar-refractivity contribution in [2.75, 3.05) is 24.7 Å². The van der Waals surface area contributed by atoms with Crippen LogP contribution in [0.5, 0.6) is 0 Å². The largest absolute Gasteiger partial charge is 0.383 e. The number of benzene rings is 2. The van der Waals surface area contributed by atoms with Gasteiger partial charge in [-0.15, -0.1) is 0 Å². The van der Waals surface area contributed by atoms with Crippen molar-refractivity contribution in [3.8, 4) is 28.5 Å². The van der Waals surface area contributed by atoms with Gasteiger partial charge in [0.05, 0.1) is 5.69 Å². The molecule has 124 valence electrons. The van der Waals surface area contributed by atoms with Crippen molar-refractivity contribution >= 4 is 11.5 Å². The first-order valence-corrected chi connectivity index (χ1v) is 8.06. The lowest BCUT2D eigenvalue weighted by Gasteiger charge is -2.17. The number of nitriles is 1. The van der Waals surface area contributed by atoms with Crippen molar-refractivity contribution in [1.82, 2.24) is 4.98 Å². The lowest BCUT2D eigenvalue weighted by atomic mass is 9.92. The molecule has 4 nitrogen and oxygen atoms in total. The van der Waals surface area contributed by atoms with Crippen LogP contribution in [-0.2, 0) is 0 Å². The Labute approximate surface area is 148 Å². The molecule has 0 amide bonds. The quantitative estimate of drug-likeness (QED) is 0.781. The maximum Gasteiger partial charge on any atom is 0.142 e. The van der Waals surface area contributed by atoms with E-state index in [2.05, 4.69) is 11.1 Å². The maximum absolute atomic E-state index is 9.61. The molecule has 3 aromatic rings. The van der Waals surface area contributed by atoms with Crippen LogP contribution in [0.15, 0.2) is 54.6 Å². The molecule has 0 atom stereocenters. The molecule has 0 saturated heterocycles. The Kier molecular flexibility index (Phi) is 4.40. The second-order valence-electron chi connectivity index (χ2n) is 6.14. The summed E-state index contributed by atoms with van der Waals surface area (Å²) in [4.78, 5) is 6.53. The predicted octanol–water partition coefficient (Wildman–Crippen LogP) is 4.24. The van der Waals surface area contributed by atoms with Crippen LogP contribution in [0.25, 0.3) is 22.4 Å². The lowest BCUT2D eigenvalue weighted by Crippen LogP contribution is -2.08. The Morgan fingerprint density at radius 1 is 0.960 bits per heavy atom. The third-order valence-corrected chi connectivity index (χ3v) is 4.30. The zero-order chi connectivity index (χ0) is 18.0. The highest BCUT2D eigenvalue weighted by molar-refractivity contribution is 5.84. The summed E-state index contributed by atoms with van der Waals surface area (Å²) in [5, 5.41) is 9.61. The monoisotopic (exact) mass is 328 g/mol. The Hall–Kier alpha value is -3.32. The molecule has 0 saturated carbocycles. The molecule has 0 spiro atoms. The van der Waals surface area contributed by atoms with E-state index in [0.29, 0.717) is 5.56 Å². The van der Waals surface area contributed by atoms with Gasteiger partial charge in [0.25, 0.3) is 0 Å². The molecule has 1 aromatic heterocycles. The van der Waals surface area contributed by atoms with Crippen LogP contribution >= 0.6 is 0 Å². The third-order valence-electron chi connectivity index (χ3n) is 4.30. The first-order chi connectivity index (χ1) is 12.0. The number of anilines is 2. The summed E-state index contributed by atoms with van der Waals surface area (Å²) >= 11 is 0. The molecule has 3 rings (SSSR count). The van der Waals surface area contributed by atoms with Crippen LogP contribution in [0.3, 0.4) is 0 Å². The van der Waals surface area contributed by atoms with Gasteiger partial charge in [0, 0.05) is 30.9 Å². The molecule has 0 fully saturated rings. The topological polar surface area (TPSA) is 65.9 Å². The van der Waals surface area contributed by atoms with Gasteiger partial charge >= 0.3 is 0 Å². The van der Waals surface area contributed by atoms with Gasteiger partial charge in [0.1, 0.15) is 17.5 Å². The highest BCUT2D eigenvalue weighted by atomic mass is 15.1. The van der Waals surface area contributed by atoms with Gasteiger partial charge in [-0.3, -0.25) is 0 Å². The summed E-state index contributed by atoms with van der Waals surface area (Å²) in [6, 6.07) is 20.2. The number of hydrogen-bond acceptors (Lipinski definition) is 4. The molecular formula is C21H20N4. The van der Waals surface area contributed by atoms with Gasteiger partial charge < -0.3 is 10.6 Å². The average Bonchev–Trinajstić information content (AvgIpc) is 2.63. The number of pyridine rings is 1. The van der Waals surface area contributed by atoms with Crippen molar-refractivity contribution in [2.24, 2.45) is 0 Å². The average molecular weight is 328 g/mol. The Morgan fingerprint density at radius 3 is 2.16 bits per heavy atom. The number of aromatic nitrogens is 1. The lowest BCUT2D eigenvalue weighted by molar-refractivity contribution is 1.13. The van der Waals surface area contributed by atoms with E-state index in [1.807, 2.05) is 80.5 Å². The minimum Gasteiger partial charge on any atom is -0.383 e. The number of nitrogens with two attached hydrogens (primary N) is 1. The van der Waals surface area contributed by atoms with Crippen LogP contribution in [0.1, 0.15) is 11.1 Å². The Balaban J connectivity index is 2.24. The van der Waals surface area contributed by atoms with Crippen LogP contribution in [0.2, 0.25) is 0 Å². The van der Waals surface area contributed by atoms with E-state index in [4.69, 9.17) is 5.73 Å². The van der Waals surface area contributed by atoms with Crippen LogP contribution in [0, 0.1) is 18.3 Å². The molecular weight excluding hydrogens is 308 g/mol. The minimum atomic E-state index is 0.263. The van der Waals surface area contributed by atoms with Crippen molar-refractivity contribution in [1.29, 1.82) is 5.26 Å². The molecule has 25 heavy (non-hydrogen) atoms. The van der Waals surface area contributed by atoms with Gasteiger partial charge in [-0.2, -0.15) is 5.26 Å². The third kappa shape index (κ3) is 3.05. The first-order valence-electron chi connectivity index (χ1n) is 8.06. The molecule has 4 heteroatoms. The summed E-state index contributed by atoms with van der Waals surface area (Å²) in [6.45, 7) is 1.99. The normalized spacial score (nSPS) is 10.3. The van der Waals surface area contributed by atoms with E-state index in [1.54, 1.807) is 0 Å². The first kappa shape index (κ1) is 16.5. The molecule has 1 heterocycles. The number of hydrogen-bond donors (Lipinski definition) is 1. The smallest absolute Gasteiger partial charge is 0.142 e. The molecule has 0 radical (unpaired) electrons. The number of rotatable bonds is 3. The Bertz CT molecular complexity index is 936. The van der Waals surface area contributed by atoms with Crippen LogP contribution in [0.4, 0.5) is 11.5 Å². The minimum absolute atomic E-state index is 0.263. The number of nitrogen functional groups attached to an aromatic ring is 1. The van der Waals surface area contributed by atoms with Crippen molar-refractivity contribution in [3.63, 3.8) is 0 Å². The van der Waals surface area contributed by atoms with Crippen LogP contribution in [-0.4, -0.2) is 19.1 Å². The summed E-state index contributed by atoms with van der Waals surface area (Å²) < 4.78 is 0. The predicted molar refractivity (Wildman–Crippen MR) is 103 cm³/mol. The molecule has 0 bridgehead atoms. The molecule has 0 aliphatic heterocycles. The van der Waals surface area contributed by atoms with Crippen molar-refractivity contribution in [2.45, 2.75) is 6.92 Å². The molecule has 0 unspecified atom stereocenters. The molecule has 0 aliphatic rings. The van der Waals surface area contributed by atoms with Gasteiger partial charge in [-0.1, -0.05) is 42.5 Å². The molecule has 2 aromatic carbocycles. The summed E-state index contributed by atoms with van der Waals surface area (Å²) in [7, 11) is 4.00. The van der Waals surface area contributed by atoms with E-state index in [0.717, 1.165) is 33.6 Å². The van der Waals surface area contributed by atoms with E-state index in [-0.39, 0.29) is 5.82 Å². The highest BCUT2D eigenvalue weighted by Crippen LogP contribution is 2.36. The second kappa shape index (κ2) is 6.66. The van der Waals surface area contributed by atoms with Gasteiger partial charge in [0.15, 0.2) is 0 Å². The fourth-order valence-electron chi connectivity index (χ4n) is 2.97. The number of nitrogens with zero attached hydrogens (tertiary/aromatic N) is 3. The fourth-order valence-corrected chi connectivity index (χ4v) is 2.97. The van der Waals surface area contributed by atoms with E-state index in [9.17, 15) is 5.26 Å². The van der Waals surface area contributed by atoms with Gasteiger partial charge in [-0.05, 0) is 30.2 Å². The SMILES string of the molecule is Cc1c(-c2ccccc2)nc(N)c(C#N)c1-c1ccc(N(C)C)cc1.